The molecule has 4 rings (SSSR count). The molecule has 1 atom stereocenters. The van der Waals surface area contributed by atoms with E-state index in [-0.39, 0.29) is 29.1 Å². The maximum Gasteiger partial charge on any atom is 0.264 e. The molecular formula is C32H36Cl3N3O4S. The molecule has 0 aromatic heterocycles. The van der Waals surface area contributed by atoms with Crippen LogP contribution < -0.4 is 9.62 Å². The Balaban J connectivity index is 1.73. The minimum Gasteiger partial charge on any atom is -0.352 e. The summed E-state index contributed by atoms with van der Waals surface area (Å²) in [7, 11) is -4.18. The van der Waals surface area contributed by atoms with Gasteiger partial charge in [0.15, 0.2) is 0 Å². The Hall–Kier alpha value is -2.78. The molecule has 1 aliphatic rings. The predicted octanol–water partition coefficient (Wildman–Crippen LogP) is 7.41. The molecule has 0 radical (unpaired) electrons. The number of hydrogen-bond acceptors (Lipinski definition) is 4. The van der Waals surface area contributed by atoms with Gasteiger partial charge < -0.3 is 10.2 Å². The van der Waals surface area contributed by atoms with Crippen molar-refractivity contribution >= 4 is 62.3 Å². The fourth-order valence-corrected chi connectivity index (χ4v) is 7.21. The van der Waals surface area contributed by atoms with Crippen LogP contribution in [0.1, 0.15) is 56.6 Å². The Morgan fingerprint density at radius 3 is 2.23 bits per heavy atom. The Bertz CT molecular complexity index is 1550. The molecule has 7 nitrogen and oxygen atoms in total. The highest BCUT2D eigenvalue weighted by molar-refractivity contribution is 7.92. The number of nitrogens with one attached hydrogen (secondary N) is 1. The molecule has 1 fully saturated rings. The highest BCUT2D eigenvalue weighted by atomic mass is 35.5. The molecule has 0 spiro atoms. The van der Waals surface area contributed by atoms with Gasteiger partial charge in [-0.1, -0.05) is 91.3 Å². The van der Waals surface area contributed by atoms with E-state index in [4.69, 9.17) is 34.8 Å². The minimum atomic E-state index is -4.18. The van der Waals surface area contributed by atoms with Crippen molar-refractivity contribution < 1.29 is 18.0 Å². The third kappa shape index (κ3) is 8.24. The second-order valence-electron chi connectivity index (χ2n) is 10.8. The summed E-state index contributed by atoms with van der Waals surface area (Å²) in [6, 6.07) is 17.0. The summed E-state index contributed by atoms with van der Waals surface area (Å²) in [6.07, 6.45) is 5.33. The van der Waals surface area contributed by atoms with Crippen molar-refractivity contribution in [1.82, 2.24) is 10.2 Å². The number of sulfonamides is 1. The highest BCUT2D eigenvalue weighted by Gasteiger charge is 2.34. The van der Waals surface area contributed by atoms with Gasteiger partial charge in [0, 0.05) is 17.6 Å². The molecule has 0 aliphatic heterocycles. The van der Waals surface area contributed by atoms with Crippen LogP contribution in [0, 0.1) is 6.92 Å². The summed E-state index contributed by atoms with van der Waals surface area (Å²) in [4.78, 5) is 29.4. The van der Waals surface area contributed by atoms with E-state index in [9.17, 15) is 18.0 Å². The van der Waals surface area contributed by atoms with E-state index in [0.29, 0.717) is 27.1 Å². The molecule has 11 heteroatoms. The van der Waals surface area contributed by atoms with Gasteiger partial charge in [-0.3, -0.25) is 13.9 Å². The summed E-state index contributed by atoms with van der Waals surface area (Å²) in [6.45, 7) is 3.12. The van der Waals surface area contributed by atoms with Crippen LogP contribution in [0.15, 0.2) is 71.6 Å². The van der Waals surface area contributed by atoms with Crippen molar-refractivity contribution in [3.05, 3.63) is 92.9 Å². The van der Waals surface area contributed by atoms with E-state index in [1.165, 1.54) is 23.1 Å². The van der Waals surface area contributed by atoms with Crippen molar-refractivity contribution in [2.75, 3.05) is 10.8 Å². The number of carbonyl (C=O) groups excluding carboxylic acids is 2. The van der Waals surface area contributed by atoms with Crippen molar-refractivity contribution in [2.45, 2.75) is 75.9 Å². The maximum atomic E-state index is 14.3. The number of aryl methyl sites for hydroxylation is 1. The molecular weight excluding hydrogens is 629 g/mol. The number of carbonyl (C=O) groups is 2. The summed E-state index contributed by atoms with van der Waals surface area (Å²) >= 11 is 18.8. The van der Waals surface area contributed by atoms with E-state index in [2.05, 4.69) is 5.32 Å². The summed E-state index contributed by atoms with van der Waals surface area (Å²) in [5.41, 5.74) is 1.66. The first kappa shape index (κ1) is 33.1. The minimum absolute atomic E-state index is 0.0256. The van der Waals surface area contributed by atoms with Gasteiger partial charge in [0.05, 0.1) is 20.6 Å². The number of benzene rings is 3. The predicted molar refractivity (Wildman–Crippen MR) is 173 cm³/mol. The molecule has 0 heterocycles. The molecule has 230 valence electrons. The third-order valence-corrected chi connectivity index (χ3v) is 10.7. The van der Waals surface area contributed by atoms with E-state index in [0.717, 1.165) is 42.0 Å². The fourth-order valence-electron chi connectivity index (χ4n) is 5.28. The lowest BCUT2D eigenvalue weighted by Crippen LogP contribution is -2.54. The number of hydrogen-bond donors (Lipinski definition) is 1. The van der Waals surface area contributed by atoms with Gasteiger partial charge in [-0.2, -0.15) is 0 Å². The lowest BCUT2D eigenvalue weighted by atomic mass is 9.95. The van der Waals surface area contributed by atoms with Crippen molar-refractivity contribution in [3.8, 4) is 0 Å². The largest absolute Gasteiger partial charge is 0.352 e. The SMILES string of the molecule is CCC(C(=O)NC1CCCCC1)N(Cc1ccc(Cl)c(Cl)c1)C(=O)CN(c1ccc(C)c(Cl)c1)S(=O)(=O)c1ccccc1. The van der Waals surface area contributed by atoms with Crippen LogP contribution in [0.3, 0.4) is 0 Å². The lowest BCUT2D eigenvalue weighted by molar-refractivity contribution is -0.140. The average molecular weight is 665 g/mol. The lowest BCUT2D eigenvalue weighted by Gasteiger charge is -2.34. The van der Waals surface area contributed by atoms with Crippen LogP contribution in [-0.2, 0) is 26.2 Å². The Kier molecular flexibility index (Phi) is 11.4. The Labute approximate surface area is 269 Å². The molecule has 1 saturated carbocycles. The van der Waals surface area contributed by atoms with Gasteiger partial charge in [0.2, 0.25) is 11.8 Å². The number of nitrogens with zero attached hydrogens (tertiary/aromatic N) is 2. The zero-order valence-electron chi connectivity index (χ0n) is 24.2. The average Bonchev–Trinajstić information content (AvgIpc) is 3.00. The smallest absolute Gasteiger partial charge is 0.264 e. The number of amides is 2. The van der Waals surface area contributed by atoms with Gasteiger partial charge in [-0.15, -0.1) is 0 Å². The van der Waals surface area contributed by atoms with E-state index in [1.807, 2.05) is 13.8 Å². The van der Waals surface area contributed by atoms with Crippen molar-refractivity contribution in [3.63, 3.8) is 0 Å². The van der Waals surface area contributed by atoms with Gasteiger partial charge in [0.25, 0.3) is 10.0 Å². The molecule has 3 aromatic rings. The Morgan fingerprint density at radius 2 is 1.60 bits per heavy atom. The molecule has 0 saturated heterocycles. The third-order valence-electron chi connectivity index (χ3n) is 7.73. The topological polar surface area (TPSA) is 86.8 Å². The summed E-state index contributed by atoms with van der Waals surface area (Å²) in [5.74, 6) is -0.813. The number of halogens is 3. The molecule has 2 amide bonds. The van der Waals surface area contributed by atoms with Crippen LogP contribution in [0.25, 0.3) is 0 Å². The molecule has 3 aromatic carbocycles. The van der Waals surface area contributed by atoms with Crippen LogP contribution in [-0.4, -0.2) is 43.8 Å². The molecule has 43 heavy (non-hydrogen) atoms. The van der Waals surface area contributed by atoms with E-state index in [1.54, 1.807) is 48.5 Å². The zero-order valence-corrected chi connectivity index (χ0v) is 27.3. The van der Waals surface area contributed by atoms with Crippen molar-refractivity contribution in [2.24, 2.45) is 0 Å². The van der Waals surface area contributed by atoms with Crippen LogP contribution in [0.4, 0.5) is 5.69 Å². The van der Waals surface area contributed by atoms with Crippen LogP contribution in [0.5, 0.6) is 0 Å². The first-order chi connectivity index (χ1) is 20.5. The standard InChI is InChI=1S/C32H36Cl3N3O4S/c1-3-30(32(40)36-24-10-6-4-7-11-24)37(20-23-15-17-27(33)29(35)18-23)31(39)21-38(25-16-14-22(2)28(34)19-25)43(41,42)26-12-8-5-9-13-26/h5,8-9,12-19,24,30H,3-4,6-7,10-11,20-21H2,1-2H3,(H,36,40). The monoisotopic (exact) mass is 663 g/mol. The fraction of sp³-hybridized carbons (Fsp3) is 0.375. The van der Waals surface area contributed by atoms with Gasteiger partial charge in [-0.05, 0) is 73.7 Å². The molecule has 1 aliphatic carbocycles. The second-order valence-corrected chi connectivity index (χ2v) is 13.9. The van der Waals surface area contributed by atoms with E-state index >= 15 is 0 Å². The molecule has 0 bridgehead atoms. The summed E-state index contributed by atoms with van der Waals surface area (Å²) in [5, 5.41) is 4.18. The van der Waals surface area contributed by atoms with Crippen LogP contribution in [0.2, 0.25) is 15.1 Å². The number of rotatable bonds is 11. The normalized spacial score (nSPS) is 14.6. The molecule has 1 unspecified atom stereocenters. The Morgan fingerprint density at radius 1 is 0.907 bits per heavy atom. The first-order valence-electron chi connectivity index (χ1n) is 14.4. The molecule has 1 N–H and O–H groups in total. The van der Waals surface area contributed by atoms with Gasteiger partial charge in [0.1, 0.15) is 12.6 Å². The van der Waals surface area contributed by atoms with E-state index < -0.39 is 28.5 Å². The second kappa shape index (κ2) is 14.8. The number of anilines is 1. The van der Waals surface area contributed by atoms with Gasteiger partial charge >= 0.3 is 0 Å². The van der Waals surface area contributed by atoms with Crippen molar-refractivity contribution in [1.29, 1.82) is 0 Å². The quantitative estimate of drug-likeness (QED) is 0.231. The first-order valence-corrected chi connectivity index (χ1v) is 17.0. The maximum absolute atomic E-state index is 14.3. The van der Waals surface area contributed by atoms with Crippen LogP contribution >= 0.6 is 34.8 Å². The summed E-state index contributed by atoms with van der Waals surface area (Å²) < 4.78 is 29.0. The highest BCUT2D eigenvalue weighted by Crippen LogP contribution is 2.29. The zero-order chi connectivity index (χ0) is 31.1. The van der Waals surface area contributed by atoms with Gasteiger partial charge in [-0.25, -0.2) is 8.42 Å².